The van der Waals surface area contributed by atoms with Crippen LogP contribution in [0.3, 0.4) is 0 Å². The second-order valence-corrected chi connectivity index (χ2v) is 8.87. The van der Waals surface area contributed by atoms with Gasteiger partial charge in [0.15, 0.2) is 0 Å². The van der Waals surface area contributed by atoms with E-state index in [9.17, 15) is 14.7 Å². The van der Waals surface area contributed by atoms with Crippen LogP contribution >= 0.6 is 11.3 Å². The minimum absolute atomic E-state index is 0.147. The zero-order valence-electron chi connectivity index (χ0n) is 17.4. The average Bonchev–Trinajstić information content (AvgIpc) is 3.54. The van der Waals surface area contributed by atoms with E-state index in [-0.39, 0.29) is 11.5 Å². The number of amides is 1. The largest absolute Gasteiger partial charge is 0.478 e. The molecule has 0 atom stereocenters. The molecule has 1 fully saturated rings. The number of nitrogens with zero attached hydrogens (tertiary/aromatic N) is 1. The molecule has 3 aromatic rings. The van der Waals surface area contributed by atoms with E-state index in [4.69, 9.17) is 0 Å². The fourth-order valence-corrected chi connectivity index (χ4v) is 4.92. The minimum atomic E-state index is -1.02. The maximum atomic E-state index is 12.9. The molecule has 0 radical (unpaired) electrons. The second-order valence-electron chi connectivity index (χ2n) is 8.09. The summed E-state index contributed by atoms with van der Waals surface area (Å²) in [6.07, 6.45) is 2.54. The molecule has 1 saturated heterocycles. The van der Waals surface area contributed by atoms with Gasteiger partial charge in [0.05, 0.1) is 16.8 Å². The molecule has 3 heterocycles. The number of carboxylic acids is 1. The molecule has 7 heteroatoms. The molecule has 0 saturated carbocycles. The lowest BCUT2D eigenvalue weighted by Gasteiger charge is -2.16. The highest BCUT2D eigenvalue weighted by molar-refractivity contribution is 7.08. The van der Waals surface area contributed by atoms with E-state index in [0.29, 0.717) is 22.5 Å². The van der Waals surface area contributed by atoms with E-state index < -0.39 is 5.97 Å². The van der Waals surface area contributed by atoms with E-state index in [0.717, 1.165) is 30.9 Å². The van der Waals surface area contributed by atoms with Crippen molar-refractivity contribution < 1.29 is 14.7 Å². The summed E-state index contributed by atoms with van der Waals surface area (Å²) in [7, 11) is 0. The summed E-state index contributed by atoms with van der Waals surface area (Å²) in [5.74, 6) is -1.27. The summed E-state index contributed by atoms with van der Waals surface area (Å²) in [5, 5.41) is 19.6. The summed E-state index contributed by atoms with van der Waals surface area (Å²) in [4.78, 5) is 26.9. The van der Waals surface area contributed by atoms with Crippen molar-refractivity contribution in [3.8, 4) is 0 Å². The van der Waals surface area contributed by atoms with Gasteiger partial charge in [-0.1, -0.05) is 12.1 Å². The summed E-state index contributed by atoms with van der Waals surface area (Å²) >= 11 is 1.54. The van der Waals surface area contributed by atoms with Crippen LogP contribution in [-0.2, 0) is 11.3 Å². The predicted octanol–water partition coefficient (Wildman–Crippen LogP) is 4.97. The number of carboxylic acid groups (broad SMARTS) is 1. The molecule has 0 spiro atoms. The van der Waals surface area contributed by atoms with Crippen LogP contribution in [0.4, 0.5) is 11.4 Å². The van der Waals surface area contributed by atoms with Crippen molar-refractivity contribution in [3.63, 3.8) is 0 Å². The fourth-order valence-electron chi connectivity index (χ4n) is 4.27. The van der Waals surface area contributed by atoms with Gasteiger partial charge in [0, 0.05) is 34.4 Å². The zero-order valence-corrected chi connectivity index (χ0v) is 18.2. The number of hydrogen-bond acceptors (Lipinski definition) is 5. The van der Waals surface area contributed by atoms with Crippen LogP contribution in [0.2, 0.25) is 0 Å². The number of rotatable bonds is 6. The van der Waals surface area contributed by atoms with Gasteiger partial charge < -0.3 is 15.7 Å². The molecule has 2 aromatic carbocycles. The van der Waals surface area contributed by atoms with Gasteiger partial charge >= 0.3 is 5.97 Å². The molecule has 5 rings (SSSR count). The summed E-state index contributed by atoms with van der Waals surface area (Å²) in [5.41, 5.74) is 5.49. The Balaban J connectivity index is 1.51. The van der Waals surface area contributed by atoms with Crippen LogP contribution in [0.1, 0.15) is 39.9 Å². The van der Waals surface area contributed by atoms with E-state index >= 15 is 0 Å². The first-order chi connectivity index (χ1) is 15.6. The lowest BCUT2D eigenvalue weighted by atomic mass is 9.99. The highest BCUT2D eigenvalue weighted by atomic mass is 32.1. The van der Waals surface area contributed by atoms with Crippen LogP contribution < -0.4 is 10.6 Å². The first-order valence-electron chi connectivity index (χ1n) is 10.6. The van der Waals surface area contributed by atoms with Gasteiger partial charge in [-0.3, -0.25) is 9.69 Å². The zero-order chi connectivity index (χ0) is 22.1. The molecule has 1 amide bonds. The molecular formula is C25H23N3O3S. The smallest absolute Gasteiger partial charge is 0.335 e. The first kappa shape index (κ1) is 20.5. The molecule has 3 N–H and O–H groups in total. The van der Waals surface area contributed by atoms with Gasteiger partial charge in [-0.2, -0.15) is 11.3 Å². The second kappa shape index (κ2) is 8.61. The van der Waals surface area contributed by atoms with Crippen LogP contribution in [0.25, 0.3) is 11.3 Å². The fraction of sp³-hybridized carbons (Fsp3) is 0.200. The third-order valence-electron chi connectivity index (χ3n) is 5.90. The van der Waals surface area contributed by atoms with Gasteiger partial charge in [0.1, 0.15) is 0 Å². The SMILES string of the molecule is O=C1Nc2ccc(C(=O)O)cc2C1=C(Nc1ccc(CN2CCCC2)cc1)c1ccsc1. The summed E-state index contributed by atoms with van der Waals surface area (Å²) < 4.78 is 0. The molecule has 2 aliphatic heterocycles. The molecule has 0 unspecified atom stereocenters. The van der Waals surface area contributed by atoms with E-state index in [2.05, 4.69) is 27.7 Å². The van der Waals surface area contributed by atoms with Crippen LogP contribution in [0.5, 0.6) is 0 Å². The molecule has 0 bridgehead atoms. The van der Waals surface area contributed by atoms with Crippen molar-refractivity contribution in [2.24, 2.45) is 0 Å². The molecule has 6 nitrogen and oxygen atoms in total. The molecule has 1 aromatic heterocycles. The van der Waals surface area contributed by atoms with Gasteiger partial charge in [0.25, 0.3) is 5.91 Å². The Morgan fingerprint density at radius 2 is 1.84 bits per heavy atom. The van der Waals surface area contributed by atoms with E-state index in [1.165, 1.54) is 24.5 Å². The monoisotopic (exact) mass is 445 g/mol. The normalized spacial score (nSPS) is 17.2. The number of benzene rings is 2. The van der Waals surface area contributed by atoms with E-state index in [1.807, 2.05) is 29.0 Å². The van der Waals surface area contributed by atoms with Gasteiger partial charge in [-0.05, 0) is 73.3 Å². The maximum absolute atomic E-state index is 12.9. The highest BCUT2D eigenvalue weighted by Crippen LogP contribution is 2.38. The molecule has 162 valence electrons. The first-order valence-corrected chi connectivity index (χ1v) is 11.6. The topological polar surface area (TPSA) is 81.7 Å². The van der Waals surface area contributed by atoms with Gasteiger partial charge in [-0.15, -0.1) is 0 Å². The Morgan fingerprint density at radius 3 is 2.53 bits per heavy atom. The van der Waals surface area contributed by atoms with Crippen molar-refractivity contribution in [1.82, 2.24) is 4.90 Å². The van der Waals surface area contributed by atoms with Crippen LogP contribution in [-0.4, -0.2) is 35.0 Å². The number of carbonyl (C=O) groups is 2. The minimum Gasteiger partial charge on any atom is -0.478 e. The molecular weight excluding hydrogens is 422 g/mol. The summed E-state index contributed by atoms with van der Waals surface area (Å²) in [6, 6.07) is 14.9. The van der Waals surface area contributed by atoms with Crippen molar-refractivity contribution in [3.05, 3.63) is 81.5 Å². The number of hydrogen-bond donors (Lipinski definition) is 3. The Kier molecular flexibility index (Phi) is 5.51. The van der Waals surface area contributed by atoms with Crippen molar-refractivity contribution in [2.45, 2.75) is 19.4 Å². The van der Waals surface area contributed by atoms with Crippen LogP contribution in [0, 0.1) is 0 Å². The lowest BCUT2D eigenvalue weighted by Crippen LogP contribution is -2.18. The Bertz CT molecular complexity index is 1190. The van der Waals surface area contributed by atoms with Crippen molar-refractivity contribution >= 4 is 45.9 Å². The van der Waals surface area contributed by atoms with Gasteiger partial charge in [-0.25, -0.2) is 4.79 Å². The third-order valence-corrected chi connectivity index (χ3v) is 6.58. The maximum Gasteiger partial charge on any atom is 0.335 e. The number of aromatic carboxylic acids is 1. The molecule has 2 aliphatic rings. The highest BCUT2D eigenvalue weighted by Gasteiger charge is 2.29. The number of fused-ring (bicyclic) bond motifs is 1. The molecule has 32 heavy (non-hydrogen) atoms. The number of thiophene rings is 1. The lowest BCUT2D eigenvalue weighted by molar-refractivity contribution is -0.110. The number of carbonyl (C=O) groups excluding carboxylic acids is 1. The van der Waals surface area contributed by atoms with E-state index in [1.54, 1.807) is 23.5 Å². The van der Waals surface area contributed by atoms with Crippen molar-refractivity contribution in [2.75, 3.05) is 23.7 Å². The number of nitrogens with one attached hydrogen (secondary N) is 2. The Hall–Kier alpha value is -3.42. The van der Waals surface area contributed by atoms with Gasteiger partial charge in [0.2, 0.25) is 0 Å². The predicted molar refractivity (Wildman–Crippen MR) is 128 cm³/mol. The van der Waals surface area contributed by atoms with Crippen LogP contribution in [0.15, 0.2) is 59.3 Å². The average molecular weight is 446 g/mol. The third kappa shape index (κ3) is 4.04. The summed E-state index contributed by atoms with van der Waals surface area (Å²) in [6.45, 7) is 3.26. The number of anilines is 2. The standard InChI is InChI=1S/C25H23N3O3S/c29-24-22(20-13-17(25(30)31)5-8-21(20)27-24)23(18-9-12-32-15-18)26-19-6-3-16(4-7-19)14-28-10-1-2-11-28/h3-9,12-13,15,26H,1-2,10-11,14H2,(H,27,29)(H,30,31). The Labute approximate surface area is 190 Å². The Morgan fingerprint density at radius 1 is 1.06 bits per heavy atom. The number of likely N-dealkylation sites (tertiary alicyclic amines) is 1. The van der Waals surface area contributed by atoms with Crippen molar-refractivity contribution in [1.29, 1.82) is 0 Å². The molecule has 0 aliphatic carbocycles. The quantitative estimate of drug-likeness (QED) is 0.467.